The number of nitrogens with one attached hydrogen (secondary N) is 3. The zero-order chi connectivity index (χ0) is 22.7. The topological polar surface area (TPSA) is 125 Å². The average Bonchev–Trinajstić information content (AvgIpc) is 3.08. The molecule has 0 spiro atoms. The van der Waals surface area contributed by atoms with Gasteiger partial charge >= 0.3 is 11.8 Å². The highest BCUT2D eigenvalue weighted by Crippen LogP contribution is 2.28. The number of benzene rings is 1. The average molecular weight is 479 g/mol. The number of halogens is 2. The van der Waals surface area contributed by atoms with Crippen molar-refractivity contribution in [2.75, 3.05) is 18.4 Å². The van der Waals surface area contributed by atoms with Crippen molar-refractivity contribution in [2.45, 2.75) is 32.2 Å². The van der Waals surface area contributed by atoms with Gasteiger partial charge in [0.2, 0.25) is 5.95 Å². The molecule has 1 fully saturated rings. The normalized spacial score (nSPS) is 18.6. The number of nitrogens with zero attached hydrogens (tertiary/aromatic N) is 3. The predicted octanol–water partition coefficient (Wildman–Crippen LogP) is 3.96. The van der Waals surface area contributed by atoms with Crippen molar-refractivity contribution in [3.63, 3.8) is 0 Å². The number of carbonyl (C=O) groups is 1. The zero-order valence-corrected chi connectivity index (χ0v) is 18.8. The van der Waals surface area contributed by atoms with Gasteiger partial charge < -0.3 is 20.7 Å². The van der Waals surface area contributed by atoms with Crippen LogP contribution in [0.15, 0.2) is 29.2 Å². The summed E-state index contributed by atoms with van der Waals surface area (Å²) in [5.41, 5.74) is 1.47. The summed E-state index contributed by atoms with van der Waals surface area (Å²) < 4.78 is 1.51. The van der Waals surface area contributed by atoms with Gasteiger partial charge in [0.25, 0.3) is 0 Å². The number of imidazole rings is 1. The second-order valence-electron chi connectivity index (χ2n) is 8.14. The quantitative estimate of drug-likeness (QED) is 0.407. The maximum absolute atomic E-state index is 12.5. The van der Waals surface area contributed by atoms with Crippen molar-refractivity contribution in [3.05, 3.63) is 50.5 Å². The van der Waals surface area contributed by atoms with Crippen LogP contribution < -0.4 is 16.3 Å². The Morgan fingerprint density at radius 3 is 2.62 bits per heavy atom. The number of aromatic amines is 1. The molecule has 32 heavy (non-hydrogen) atoms. The van der Waals surface area contributed by atoms with E-state index in [9.17, 15) is 9.59 Å². The van der Waals surface area contributed by atoms with Crippen molar-refractivity contribution < 1.29 is 9.90 Å². The minimum atomic E-state index is -0.970. The van der Waals surface area contributed by atoms with Crippen LogP contribution in [0.2, 0.25) is 10.0 Å². The van der Waals surface area contributed by atoms with Crippen LogP contribution in [0.25, 0.3) is 11.2 Å². The molecule has 170 valence electrons. The van der Waals surface area contributed by atoms with Gasteiger partial charge in [-0.15, -0.1) is 0 Å². The van der Waals surface area contributed by atoms with Crippen molar-refractivity contribution in [2.24, 2.45) is 11.8 Å². The van der Waals surface area contributed by atoms with Gasteiger partial charge in [-0.1, -0.05) is 23.2 Å². The first kappa shape index (κ1) is 22.4. The monoisotopic (exact) mass is 478 g/mol. The fourth-order valence-corrected chi connectivity index (χ4v) is 4.49. The number of hydrogen-bond acceptors (Lipinski definition) is 5. The number of rotatable bonds is 7. The van der Waals surface area contributed by atoms with Gasteiger partial charge in [0, 0.05) is 23.1 Å². The molecule has 11 heteroatoms. The molecule has 2 aromatic heterocycles. The molecule has 0 bridgehead atoms. The lowest BCUT2D eigenvalue weighted by Crippen LogP contribution is -2.31. The molecule has 1 amide bonds. The van der Waals surface area contributed by atoms with Gasteiger partial charge in [-0.25, -0.2) is 14.6 Å². The SMILES string of the molecule is O=C(O)NCC1CCC(CNc2ncc3[nH]c(=O)n(Cc4cc(Cl)ccc4Cl)c3n2)CC1. The van der Waals surface area contributed by atoms with Gasteiger partial charge in [-0.3, -0.25) is 4.57 Å². The largest absolute Gasteiger partial charge is 0.465 e. The molecule has 0 radical (unpaired) electrons. The predicted molar refractivity (Wildman–Crippen MR) is 124 cm³/mol. The first-order chi connectivity index (χ1) is 15.4. The summed E-state index contributed by atoms with van der Waals surface area (Å²) in [4.78, 5) is 34.8. The molecule has 0 unspecified atom stereocenters. The van der Waals surface area contributed by atoms with E-state index in [4.69, 9.17) is 28.3 Å². The summed E-state index contributed by atoms with van der Waals surface area (Å²) in [6, 6.07) is 5.14. The number of fused-ring (bicyclic) bond motifs is 1. The second-order valence-corrected chi connectivity index (χ2v) is 8.98. The summed E-state index contributed by atoms with van der Waals surface area (Å²) in [6.07, 6.45) is 4.64. The highest BCUT2D eigenvalue weighted by Gasteiger charge is 2.22. The molecule has 2 heterocycles. The van der Waals surface area contributed by atoms with E-state index in [1.807, 2.05) is 0 Å². The number of hydrogen-bond donors (Lipinski definition) is 4. The molecular weight excluding hydrogens is 455 g/mol. The summed E-state index contributed by atoms with van der Waals surface area (Å²) in [7, 11) is 0. The van der Waals surface area contributed by atoms with Crippen molar-refractivity contribution in [3.8, 4) is 0 Å². The lowest BCUT2D eigenvalue weighted by atomic mass is 9.82. The van der Waals surface area contributed by atoms with Gasteiger partial charge in [0.15, 0.2) is 5.65 Å². The van der Waals surface area contributed by atoms with Crippen molar-refractivity contribution >= 4 is 46.4 Å². The van der Waals surface area contributed by atoms with E-state index >= 15 is 0 Å². The molecule has 4 N–H and O–H groups in total. The van der Waals surface area contributed by atoms with E-state index in [1.54, 1.807) is 24.4 Å². The Bertz CT molecular complexity index is 1170. The van der Waals surface area contributed by atoms with Crippen molar-refractivity contribution in [1.29, 1.82) is 0 Å². The standard InChI is InChI=1S/C21H24Cl2N6O3/c22-15-5-6-16(23)14(7-15)11-29-18-17(27-20(29)30)10-25-19(28-18)24-8-12-1-3-13(4-2-12)9-26-21(31)32/h5-7,10,12-13,26H,1-4,8-9,11H2,(H,27,30)(H,31,32)(H,24,25,28). The van der Waals surface area contributed by atoms with Crippen LogP contribution >= 0.6 is 23.2 Å². The van der Waals surface area contributed by atoms with E-state index in [1.165, 1.54) is 4.57 Å². The Kier molecular flexibility index (Phi) is 6.86. The molecule has 3 aromatic rings. The number of H-pyrrole nitrogens is 1. The first-order valence-corrected chi connectivity index (χ1v) is 11.2. The molecule has 0 aliphatic heterocycles. The van der Waals surface area contributed by atoms with E-state index in [0.717, 1.165) is 37.8 Å². The lowest BCUT2D eigenvalue weighted by Gasteiger charge is -2.28. The Morgan fingerprint density at radius 2 is 1.91 bits per heavy atom. The van der Waals surface area contributed by atoms with E-state index in [0.29, 0.717) is 45.5 Å². The molecule has 1 saturated carbocycles. The molecule has 4 rings (SSSR count). The first-order valence-electron chi connectivity index (χ1n) is 10.5. The third-order valence-corrected chi connectivity index (χ3v) is 6.51. The number of amides is 1. The third kappa shape index (κ3) is 5.34. The Morgan fingerprint density at radius 1 is 1.19 bits per heavy atom. The number of aromatic nitrogens is 4. The molecule has 0 saturated heterocycles. The van der Waals surface area contributed by atoms with Crippen LogP contribution in [0.4, 0.5) is 10.7 Å². The van der Waals surface area contributed by atoms with E-state index in [2.05, 4.69) is 25.6 Å². The van der Waals surface area contributed by atoms with Crippen LogP contribution in [0, 0.1) is 11.8 Å². The summed E-state index contributed by atoms with van der Waals surface area (Å²) in [5, 5.41) is 15.6. The van der Waals surface area contributed by atoms with Gasteiger partial charge in [0.1, 0.15) is 5.52 Å². The minimum absolute atomic E-state index is 0.239. The van der Waals surface area contributed by atoms with E-state index in [-0.39, 0.29) is 12.2 Å². The molecule has 1 aromatic carbocycles. The number of anilines is 1. The minimum Gasteiger partial charge on any atom is -0.465 e. The molecule has 9 nitrogen and oxygen atoms in total. The van der Waals surface area contributed by atoms with E-state index < -0.39 is 6.09 Å². The van der Waals surface area contributed by atoms with Gasteiger partial charge in [-0.05, 0) is 61.3 Å². The number of carboxylic acid groups (broad SMARTS) is 1. The highest BCUT2D eigenvalue weighted by atomic mass is 35.5. The Balaban J connectivity index is 1.41. The lowest BCUT2D eigenvalue weighted by molar-refractivity contribution is 0.188. The van der Waals surface area contributed by atoms with Crippen LogP contribution in [0.5, 0.6) is 0 Å². The smallest absolute Gasteiger partial charge is 0.404 e. The van der Waals surface area contributed by atoms with Crippen LogP contribution in [-0.4, -0.2) is 43.8 Å². The highest BCUT2D eigenvalue weighted by molar-refractivity contribution is 6.33. The summed E-state index contributed by atoms with van der Waals surface area (Å²) in [5.74, 6) is 1.31. The zero-order valence-electron chi connectivity index (χ0n) is 17.3. The molecule has 1 aliphatic rings. The second kappa shape index (κ2) is 9.79. The fraction of sp³-hybridized carbons (Fsp3) is 0.429. The molecule has 0 atom stereocenters. The Hall–Kier alpha value is -2.78. The third-order valence-electron chi connectivity index (χ3n) is 5.90. The van der Waals surface area contributed by atoms with Gasteiger partial charge in [-0.2, -0.15) is 4.98 Å². The van der Waals surface area contributed by atoms with Crippen LogP contribution in [0.1, 0.15) is 31.2 Å². The van der Waals surface area contributed by atoms with Crippen LogP contribution in [-0.2, 0) is 6.54 Å². The molecule has 1 aliphatic carbocycles. The fourth-order valence-electron chi connectivity index (χ4n) is 4.12. The van der Waals surface area contributed by atoms with Gasteiger partial charge in [0.05, 0.1) is 12.7 Å². The van der Waals surface area contributed by atoms with Crippen LogP contribution in [0.3, 0.4) is 0 Å². The summed E-state index contributed by atoms with van der Waals surface area (Å²) in [6.45, 7) is 1.47. The Labute approximate surface area is 194 Å². The van der Waals surface area contributed by atoms with Crippen molar-refractivity contribution in [1.82, 2.24) is 24.8 Å². The molecular formula is C21H24Cl2N6O3. The maximum Gasteiger partial charge on any atom is 0.404 e. The summed E-state index contributed by atoms with van der Waals surface area (Å²) >= 11 is 12.3. The maximum atomic E-state index is 12.5.